The Balaban J connectivity index is 1.54. The number of nitro groups is 1. The van der Waals surface area contributed by atoms with Crippen molar-refractivity contribution in [1.29, 1.82) is 0 Å². The van der Waals surface area contributed by atoms with Crippen molar-refractivity contribution in [3.05, 3.63) is 68.1 Å². The van der Waals surface area contributed by atoms with Crippen LogP contribution in [0, 0.1) is 10.1 Å². The Morgan fingerprint density at radius 1 is 1.33 bits per heavy atom. The topological polar surface area (TPSA) is 153 Å². The number of hydrogen-bond acceptors (Lipinski definition) is 10. The summed E-state index contributed by atoms with van der Waals surface area (Å²) in [4.78, 5) is 26.5. The molecule has 3 aromatic heterocycles. The van der Waals surface area contributed by atoms with Crippen LogP contribution in [0.5, 0.6) is 5.75 Å². The normalized spacial score (nSPS) is 11.1. The first-order chi connectivity index (χ1) is 14.5. The van der Waals surface area contributed by atoms with Crippen LogP contribution in [-0.2, 0) is 0 Å². The van der Waals surface area contributed by atoms with Crippen LogP contribution in [0.1, 0.15) is 5.76 Å². The number of thiazole rings is 1. The molecule has 4 rings (SSSR count). The molecule has 3 heterocycles. The molecule has 0 radical (unpaired) electrons. The van der Waals surface area contributed by atoms with Crippen LogP contribution in [0.3, 0.4) is 0 Å². The molecule has 1 aromatic carbocycles. The number of rotatable bonds is 7. The Morgan fingerprint density at radius 3 is 2.83 bits per heavy atom. The third kappa shape index (κ3) is 3.81. The Morgan fingerprint density at radius 2 is 2.13 bits per heavy atom. The predicted octanol–water partition coefficient (Wildman–Crippen LogP) is 2.32. The highest BCUT2D eigenvalue weighted by molar-refractivity contribution is 7.14. The van der Waals surface area contributed by atoms with E-state index in [-0.39, 0.29) is 17.3 Å². The molecule has 2 N–H and O–H groups in total. The van der Waals surface area contributed by atoms with E-state index >= 15 is 0 Å². The molecule has 0 aliphatic rings. The van der Waals surface area contributed by atoms with Crippen molar-refractivity contribution in [2.75, 3.05) is 12.5 Å². The predicted molar refractivity (Wildman–Crippen MR) is 105 cm³/mol. The molecule has 0 spiro atoms. The zero-order chi connectivity index (χ0) is 21.1. The van der Waals surface area contributed by atoms with Gasteiger partial charge >= 0.3 is 17.2 Å². The molecule has 0 unspecified atom stereocenters. The molecule has 0 saturated heterocycles. The maximum Gasteiger partial charge on any atom is 0.437 e. The van der Waals surface area contributed by atoms with Crippen LogP contribution >= 0.6 is 11.3 Å². The Labute approximate surface area is 171 Å². The highest BCUT2D eigenvalue weighted by Gasteiger charge is 2.27. The molecule has 0 saturated carbocycles. The van der Waals surface area contributed by atoms with Crippen molar-refractivity contribution in [2.24, 2.45) is 5.10 Å². The first-order valence-corrected chi connectivity index (χ1v) is 9.20. The van der Waals surface area contributed by atoms with Gasteiger partial charge in [0.05, 0.1) is 19.4 Å². The van der Waals surface area contributed by atoms with E-state index in [4.69, 9.17) is 13.7 Å². The van der Waals surface area contributed by atoms with Crippen LogP contribution in [0.4, 0.5) is 11.0 Å². The molecule has 152 valence electrons. The number of hydrogen-bond donors (Lipinski definition) is 2. The van der Waals surface area contributed by atoms with E-state index in [1.165, 1.54) is 34.4 Å². The number of aromatic nitrogens is 3. The monoisotopic (exact) mass is 429 g/mol. The molecule has 0 fully saturated rings. The molecular weight excluding hydrogens is 416 g/mol. The number of anilines is 1. The summed E-state index contributed by atoms with van der Waals surface area (Å²) in [6, 6.07) is 9.65. The summed E-state index contributed by atoms with van der Waals surface area (Å²) < 4.78 is 16.5. The minimum atomic E-state index is -0.640. The van der Waals surface area contributed by atoms with E-state index in [9.17, 15) is 14.9 Å². The smallest absolute Gasteiger partial charge is 0.437 e. The van der Waals surface area contributed by atoms with Crippen molar-refractivity contribution < 1.29 is 23.3 Å². The summed E-state index contributed by atoms with van der Waals surface area (Å²) in [7, 11) is 1.56. The third-order valence-electron chi connectivity index (χ3n) is 3.87. The molecular formula is C17H13N6O6S+. The minimum absolute atomic E-state index is 0.203. The highest BCUT2D eigenvalue weighted by Crippen LogP contribution is 2.22. The van der Waals surface area contributed by atoms with E-state index in [2.05, 4.69) is 20.8 Å². The third-order valence-corrected chi connectivity index (χ3v) is 4.62. The fourth-order valence-corrected chi connectivity index (χ4v) is 3.14. The van der Waals surface area contributed by atoms with Gasteiger partial charge in [-0.15, -0.1) is 11.3 Å². The van der Waals surface area contributed by atoms with Crippen molar-refractivity contribution in [3.63, 3.8) is 0 Å². The van der Waals surface area contributed by atoms with Gasteiger partial charge in [0.15, 0.2) is 11.5 Å². The lowest BCUT2D eigenvalue weighted by molar-refractivity contribution is -0.660. The second-order valence-electron chi connectivity index (χ2n) is 5.70. The second kappa shape index (κ2) is 8.00. The SMILES string of the molecule is COc1ccc(-[n+]2[nH]oc(=O)c2-c2csc(N/N=C/c3ccc([N+](=O)[O-])o3)n2)cc1. The number of methoxy groups -OCH3 is 1. The van der Waals surface area contributed by atoms with Crippen molar-refractivity contribution in [3.8, 4) is 22.8 Å². The van der Waals surface area contributed by atoms with E-state index < -0.39 is 10.5 Å². The standard InChI is InChI=1S/C17H12N6O6S/c1-27-11-4-2-10(3-5-11)22-15(16(24)29-21-22)13-9-30-17(19-13)20-18-8-12-6-7-14(28-12)23(25)26/h2-9H,1H3,(H-,19,20,21,24)/p+1/b18-8+. The van der Waals surface area contributed by atoms with Gasteiger partial charge in [0.1, 0.15) is 10.7 Å². The maximum absolute atomic E-state index is 12.2. The Hall–Kier alpha value is -4.26. The fourth-order valence-electron chi connectivity index (χ4n) is 2.50. The average molecular weight is 429 g/mol. The first-order valence-electron chi connectivity index (χ1n) is 8.32. The molecule has 12 nitrogen and oxygen atoms in total. The van der Waals surface area contributed by atoms with Crippen LogP contribution in [0.25, 0.3) is 17.1 Å². The van der Waals surface area contributed by atoms with Crippen molar-refractivity contribution in [1.82, 2.24) is 10.3 Å². The number of nitrogens with zero attached hydrogens (tertiary/aromatic N) is 4. The fraction of sp³-hybridized carbons (Fsp3) is 0.0588. The van der Waals surface area contributed by atoms with Gasteiger partial charge in [-0.2, -0.15) is 5.10 Å². The second-order valence-corrected chi connectivity index (χ2v) is 6.56. The van der Waals surface area contributed by atoms with Gasteiger partial charge in [-0.05, 0) is 28.2 Å². The quantitative estimate of drug-likeness (QED) is 0.196. The lowest BCUT2D eigenvalue weighted by atomic mass is 10.3. The van der Waals surface area contributed by atoms with Gasteiger partial charge in [-0.25, -0.2) is 9.78 Å². The number of benzene rings is 1. The van der Waals surface area contributed by atoms with Gasteiger partial charge < -0.3 is 9.15 Å². The molecule has 0 aliphatic heterocycles. The average Bonchev–Trinajstić information content (AvgIpc) is 3.48. The Bertz CT molecular complexity index is 1270. The largest absolute Gasteiger partial charge is 0.497 e. The molecule has 13 heteroatoms. The van der Waals surface area contributed by atoms with E-state index in [1.807, 2.05) is 0 Å². The maximum atomic E-state index is 12.2. The summed E-state index contributed by atoms with van der Waals surface area (Å²) in [6.45, 7) is 0. The Kier molecular flexibility index (Phi) is 5.09. The van der Waals surface area contributed by atoms with Crippen molar-refractivity contribution in [2.45, 2.75) is 0 Å². The summed E-state index contributed by atoms with van der Waals surface area (Å²) in [5.41, 5.74) is 3.32. The molecule has 0 atom stereocenters. The zero-order valence-electron chi connectivity index (χ0n) is 15.3. The lowest BCUT2D eigenvalue weighted by Gasteiger charge is -1.97. The molecule has 4 aromatic rings. The molecule has 0 amide bonds. The highest BCUT2D eigenvalue weighted by atomic mass is 32.1. The van der Waals surface area contributed by atoms with Crippen LogP contribution in [0.15, 0.2) is 60.6 Å². The van der Waals surface area contributed by atoms with Gasteiger partial charge in [-0.1, -0.05) is 0 Å². The van der Waals surface area contributed by atoms with Gasteiger partial charge in [0, 0.05) is 17.5 Å². The molecule has 0 aliphatic carbocycles. The lowest BCUT2D eigenvalue weighted by Crippen LogP contribution is -2.36. The number of ether oxygens (including phenoxy) is 1. The molecule has 30 heavy (non-hydrogen) atoms. The number of aromatic amines is 1. The van der Waals surface area contributed by atoms with Gasteiger partial charge in [0.2, 0.25) is 10.8 Å². The number of nitrogens with one attached hydrogen (secondary N) is 2. The van der Waals surface area contributed by atoms with E-state index in [0.717, 1.165) is 0 Å². The summed E-state index contributed by atoms with van der Waals surface area (Å²) in [6.07, 6.45) is 1.27. The number of furan rings is 1. The first kappa shape index (κ1) is 19.1. The summed E-state index contributed by atoms with van der Waals surface area (Å²) >= 11 is 1.21. The van der Waals surface area contributed by atoms with Crippen LogP contribution < -0.4 is 20.5 Å². The zero-order valence-corrected chi connectivity index (χ0v) is 16.1. The summed E-state index contributed by atoms with van der Waals surface area (Å²) in [5.74, 6) is 0.497. The van der Waals surface area contributed by atoms with Crippen LogP contribution in [-0.4, -0.2) is 28.5 Å². The van der Waals surface area contributed by atoms with Crippen molar-refractivity contribution >= 4 is 28.6 Å². The van der Waals surface area contributed by atoms with E-state index in [1.54, 1.807) is 36.8 Å². The molecule has 0 bridgehead atoms. The van der Waals surface area contributed by atoms with E-state index in [0.29, 0.717) is 22.3 Å². The van der Waals surface area contributed by atoms with Crippen LogP contribution in [0.2, 0.25) is 0 Å². The number of hydrazone groups is 1. The van der Waals surface area contributed by atoms with Gasteiger partial charge in [-0.3, -0.25) is 20.1 Å². The number of H-pyrrole nitrogens is 1. The minimum Gasteiger partial charge on any atom is -0.497 e. The summed E-state index contributed by atoms with van der Waals surface area (Å²) in [5, 5.41) is 19.1. The van der Waals surface area contributed by atoms with Gasteiger partial charge in [0.25, 0.3) is 0 Å².